The number of carbonyl (C=O) groups excluding carboxylic acids is 2. The van der Waals surface area contributed by atoms with Gasteiger partial charge in [-0.1, -0.05) is 0 Å². The molecule has 0 unspecified atom stereocenters. The topological polar surface area (TPSA) is 75.4 Å². The lowest BCUT2D eigenvalue weighted by atomic mass is 10.0. The van der Waals surface area contributed by atoms with Crippen LogP contribution in [0.25, 0.3) is 0 Å². The fourth-order valence-electron chi connectivity index (χ4n) is 2.35. The third-order valence-electron chi connectivity index (χ3n) is 3.56. The second-order valence-corrected chi connectivity index (χ2v) is 5.81. The van der Waals surface area contributed by atoms with E-state index in [2.05, 4.69) is 5.32 Å². The summed E-state index contributed by atoms with van der Waals surface area (Å²) in [5.41, 5.74) is 6.13. The van der Waals surface area contributed by atoms with Gasteiger partial charge in [0, 0.05) is 36.5 Å². The van der Waals surface area contributed by atoms with Gasteiger partial charge in [-0.25, -0.2) is 0 Å². The number of hydrogen-bond donors (Lipinski definition) is 2. The minimum atomic E-state index is -0.0147. The van der Waals surface area contributed by atoms with Crippen molar-refractivity contribution in [3.8, 4) is 0 Å². The van der Waals surface area contributed by atoms with Gasteiger partial charge in [0.25, 0.3) is 5.91 Å². The van der Waals surface area contributed by atoms with Crippen molar-refractivity contribution in [3.63, 3.8) is 0 Å². The van der Waals surface area contributed by atoms with Gasteiger partial charge < -0.3 is 16.0 Å². The molecule has 1 aliphatic rings. The Morgan fingerprint density at radius 3 is 2.75 bits per heavy atom. The van der Waals surface area contributed by atoms with Gasteiger partial charge in [0.15, 0.2) is 0 Å². The fraction of sp³-hybridized carbons (Fsp3) is 0.571. The number of nitrogens with two attached hydrogens (primary N) is 1. The van der Waals surface area contributed by atoms with Crippen molar-refractivity contribution in [1.82, 2.24) is 10.2 Å². The van der Waals surface area contributed by atoms with Gasteiger partial charge in [0.2, 0.25) is 5.91 Å². The molecule has 20 heavy (non-hydrogen) atoms. The van der Waals surface area contributed by atoms with E-state index in [0.717, 1.165) is 37.9 Å². The van der Waals surface area contributed by atoms with Gasteiger partial charge in [-0.15, -0.1) is 0 Å². The molecule has 3 N–H and O–H groups in total. The number of piperidine rings is 1. The zero-order chi connectivity index (χ0) is 14.4. The summed E-state index contributed by atoms with van der Waals surface area (Å²) in [6.07, 6.45) is 2.92. The minimum Gasteiger partial charge on any atom is -0.349 e. The monoisotopic (exact) mass is 295 g/mol. The molecule has 0 radical (unpaired) electrons. The smallest absolute Gasteiger partial charge is 0.252 e. The highest BCUT2D eigenvalue weighted by atomic mass is 32.1. The largest absolute Gasteiger partial charge is 0.349 e. The first kappa shape index (κ1) is 15.0. The molecule has 2 rings (SSSR count). The van der Waals surface area contributed by atoms with Gasteiger partial charge >= 0.3 is 0 Å². The zero-order valence-electron chi connectivity index (χ0n) is 11.5. The Bertz CT molecular complexity index is 439. The zero-order valence-corrected chi connectivity index (χ0v) is 12.3. The molecule has 1 aromatic rings. The summed E-state index contributed by atoms with van der Waals surface area (Å²) < 4.78 is 0. The second kappa shape index (κ2) is 7.40. The maximum absolute atomic E-state index is 11.9. The van der Waals surface area contributed by atoms with E-state index in [9.17, 15) is 9.59 Å². The Morgan fingerprint density at radius 2 is 2.15 bits per heavy atom. The summed E-state index contributed by atoms with van der Waals surface area (Å²) in [7, 11) is 0. The molecular formula is C14H21N3O2S. The van der Waals surface area contributed by atoms with E-state index >= 15 is 0 Å². The molecule has 1 aliphatic heterocycles. The number of nitrogens with one attached hydrogen (secondary N) is 1. The Labute approximate surface area is 123 Å². The van der Waals surface area contributed by atoms with Crippen LogP contribution in [-0.4, -0.2) is 42.4 Å². The van der Waals surface area contributed by atoms with Crippen LogP contribution in [0.1, 0.15) is 36.0 Å². The predicted octanol–water partition coefficient (Wildman–Crippen LogP) is 1.21. The van der Waals surface area contributed by atoms with E-state index < -0.39 is 0 Å². The Kier molecular flexibility index (Phi) is 5.55. The number of carbonyl (C=O) groups is 2. The van der Waals surface area contributed by atoms with Crippen molar-refractivity contribution in [2.75, 3.05) is 19.6 Å². The number of likely N-dealkylation sites (tertiary alicyclic amines) is 1. The number of thiophene rings is 1. The highest BCUT2D eigenvalue weighted by Crippen LogP contribution is 2.13. The van der Waals surface area contributed by atoms with Gasteiger partial charge in [-0.3, -0.25) is 9.59 Å². The maximum atomic E-state index is 11.9. The van der Waals surface area contributed by atoms with Crippen LogP contribution < -0.4 is 11.1 Å². The van der Waals surface area contributed by atoms with Crippen LogP contribution in [0.5, 0.6) is 0 Å². The van der Waals surface area contributed by atoms with Gasteiger partial charge in [-0.05, 0) is 37.3 Å². The molecule has 1 aromatic heterocycles. The molecule has 0 aliphatic carbocycles. The normalized spacial score (nSPS) is 16.1. The van der Waals surface area contributed by atoms with Crippen molar-refractivity contribution in [1.29, 1.82) is 0 Å². The van der Waals surface area contributed by atoms with Crippen molar-refractivity contribution in [2.45, 2.75) is 31.7 Å². The Balaban J connectivity index is 1.74. The van der Waals surface area contributed by atoms with Crippen LogP contribution in [-0.2, 0) is 4.79 Å². The van der Waals surface area contributed by atoms with Crippen LogP contribution in [0.15, 0.2) is 16.8 Å². The summed E-state index contributed by atoms with van der Waals surface area (Å²) in [6, 6.07) is 1.99. The van der Waals surface area contributed by atoms with E-state index in [1.807, 2.05) is 21.7 Å². The molecule has 5 nitrogen and oxygen atoms in total. The lowest BCUT2D eigenvalue weighted by molar-refractivity contribution is -0.132. The molecule has 0 bridgehead atoms. The van der Waals surface area contributed by atoms with Gasteiger partial charge in [0.05, 0.1) is 0 Å². The summed E-state index contributed by atoms with van der Waals surface area (Å²) in [6.45, 7) is 1.99. The highest BCUT2D eigenvalue weighted by molar-refractivity contribution is 7.08. The first-order chi connectivity index (χ1) is 9.70. The van der Waals surface area contributed by atoms with E-state index in [0.29, 0.717) is 13.0 Å². The number of nitrogens with zero attached hydrogens (tertiary/aromatic N) is 1. The average molecular weight is 295 g/mol. The van der Waals surface area contributed by atoms with E-state index in [-0.39, 0.29) is 17.9 Å². The molecular weight excluding hydrogens is 274 g/mol. The number of rotatable bonds is 5. The highest BCUT2D eigenvalue weighted by Gasteiger charge is 2.23. The van der Waals surface area contributed by atoms with E-state index in [1.165, 1.54) is 11.3 Å². The molecule has 110 valence electrons. The maximum Gasteiger partial charge on any atom is 0.252 e. The lowest BCUT2D eigenvalue weighted by Crippen LogP contribution is -2.46. The molecule has 2 heterocycles. The van der Waals surface area contributed by atoms with Gasteiger partial charge in [0.1, 0.15) is 0 Å². The lowest BCUT2D eigenvalue weighted by Gasteiger charge is -2.32. The first-order valence-electron chi connectivity index (χ1n) is 7.01. The minimum absolute atomic E-state index is 0.0147. The third kappa shape index (κ3) is 4.05. The summed E-state index contributed by atoms with van der Waals surface area (Å²) in [4.78, 5) is 25.7. The molecule has 1 fully saturated rings. The summed E-state index contributed by atoms with van der Waals surface area (Å²) in [5, 5.41) is 6.78. The van der Waals surface area contributed by atoms with Crippen LogP contribution in [0.2, 0.25) is 0 Å². The van der Waals surface area contributed by atoms with Crippen molar-refractivity contribution >= 4 is 23.2 Å². The van der Waals surface area contributed by atoms with E-state index in [1.54, 1.807) is 0 Å². The summed E-state index contributed by atoms with van der Waals surface area (Å²) >= 11 is 1.52. The number of hydrogen-bond acceptors (Lipinski definition) is 4. The van der Waals surface area contributed by atoms with E-state index in [4.69, 9.17) is 5.73 Å². The molecule has 0 spiro atoms. The SMILES string of the molecule is NCCCC(=O)N1CCC(NC(=O)c2ccsc2)CC1. The van der Waals surface area contributed by atoms with Crippen LogP contribution >= 0.6 is 11.3 Å². The average Bonchev–Trinajstić information content (AvgIpc) is 3.00. The molecule has 0 atom stereocenters. The second-order valence-electron chi connectivity index (χ2n) is 5.03. The quantitative estimate of drug-likeness (QED) is 0.857. The molecule has 2 amide bonds. The third-order valence-corrected chi connectivity index (χ3v) is 4.24. The number of amides is 2. The molecule has 6 heteroatoms. The predicted molar refractivity (Wildman–Crippen MR) is 79.7 cm³/mol. The standard InChI is InChI=1S/C14H21N3O2S/c15-6-1-2-13(18)17-7-3-12(4-8-17)16-14(19)11-5-9-20-10-11/h5,9-10,12H,1-4,6-8,15H2,(H,16,19). The van der Waals surface area contributed by atoms with Crippen molar-refractivity contribution < 1.29 is 9.59 Å². The first-order valence-corrected chi connectivity index (χ1v) is 7.96. The summed E-state index contributed by atoms with van der Waals surface area (Å²) in [5.74, 6) is 0.164. The fourth-order valence-corrected chi connectivity index (χ4v) is 2.98. The van der Waals surface area contributed by atoms with Crippen LogP contribution in [0, 0.1) is 0 Å². The Hall–Kier alpha value is -1.40. The van der Waals surface area contributed by atoms with Crippen molar-refractivity contribution in [2.24, 2.45) is 5.73 Å². The molecule has 0 saturated carbocycles. The molecule has 1 saturated heterocycles. The van der Waals surface area contributed by atoms with Gasteiger partial charge in [-0.2, -0.15) is 11.3 Å². The Morgan fingerprint density at radius 1 is 1.40 bits per heavy atom. The van der Waals surface area contributed by atoms with Crippen LogP contribution in [0.3, 0.4) is 0 Å². The van der Waals surface area contributed by atoms with Crippen LogP contribution in [0.4, 0.5) is 0 Å². The van der Waals surface area contributed by atoms with Crippen molar-refractivity contribution in [3.05, 3.63) is 22.4 Å². The molecule has 0 aromatic carbocycles.